The van der Waals surface area contributed by atoms with Gasteiger partial charge < -0.3 is 9.80 Å². The predicted octanol–water partition coefficient (Wildman–Crippen LogP) is 2.84. The highest BCUT2D eigenvalue weighted by Crippen LogP contribution is 2.43. The Morgan fingerprint density at radius 2 is 2.22 bits per heavy atom. The molecule has 2 aliphatic heterocycles. The van der Waals surface area contributed by atoms with Gasteiger partial charge in [-0.15, -0.1) is 11.3 Å². The average molecular weight is 333 g/mol. The van der Waals surface area contributed by atoms with Crippen LogP contribution in [0.4, 0.5) is 0 Å². The van der Waals surface area contributed by atoms with Crippen LogP contribution in [0.25, 0.3) is 0 Å². The van der Waals surface area contributed by atoms with Crippen molar-refractivity contribution < 1.29 is 9.59 Å². The Bertz CT molecular complexity index is 608. The average Bonchev–Trinajstić information content (AvgIpc) is 3.06. The predicted molar refractivity (Wildman–Crippen MR) is 90.8 cm³/mol. The molecule has 3 heterocycles. The van der Waals surface area contributed by atoms with Gasteiger partial charge in [-0.25, -0.2) is 0 Å². The summed E-state index contributed by atoms with van der Waals surface area (Å²) in [5, 5.41) is 10.00. The summed E-state index contributed by atoms with van der Waals surface area (Å²) in [7, 11) is 1.68. The number of amidine groups is 1. The van der Waals surface area contributed by atoms with E-state index in [0.717, 1.165) is 24.3 Å². The van der Waals surface area contributed by atoms with Gasteiger partial charge in [0.25, 0.3) is 5.91 Å². The Labute approximate surface area is 140 Å². The van der Waals surface area contributed by atoms with Crippen molar-refractivity contribution in [3.63, 3.8) is 0 Å². The number of carbonyl (C=O) groups excluding carboxylic acids is 2. The molecule has 1 N–H and O–H groups in total. The normalized spacial score (nSPS) is 29.0. The molecule has 2 amide bonds. The minimum atomic E-state index is -0.213. The van der Waals surface area contributed by atoms with Gasteiger partial charge in [-0.2, -0.15) is 0 Å². The summed E-state index contributed by atoms with van der Waals surface area (Å²) < 4.78 is 0. The molecular weight excluding hydrogens is 310 g/mol. The monoisotopic (exact) mass is 333 g/mol. The lowest BCUT2D eigenvalue weighted by Gasteiger charge is -2.46. The molecule has 124 valence electrons. The fourth-order valence-corrected chi connectivity index (χ4v) is 4.44. The second-order valence-electron chi connectivity index (χ2n) is 6.97. The largest absolute Gasteiger partial charge is 0.338 e. The van der Waals surface area contributed by atoms with Crippen LogP contribution >= 0.6 is 11.3 Å². The van der Waals surface area contributed by atoms with E-state index in [-0.39, 0.29) is 23.1 Å². The van der Waals surface area contributed by atoms with Crippen LogP contribution in [0.5, 0.6) is 0 Å². The van der Waals surface area contributed by atoms with E-state index in [4.69, 9.17) is 5.41 Å². The minimum absolute atomic E-state index is 0.0189. The first-order valence-corrected chi connectivity index (χ1v) is 8.95. The molecule has 2 aliphatic rings. The van der Waals surface area contributed by atoms with E-state index >= 15 is 0 Å². The zero-order valence-corrected chi connectivity index (χ0v) is 14.5. The number of thiophene rings is 1. The molecule has 23 heavy (non-hydrogen) atoms. The molecule has 2 atom stereocenters. The van der Waals surface area contributed by atoms with E-state index in [1.165, 1.54) is 16.2 Å². The lowest BCUT2D eigenvalue weighted by Crippen LogP contribution is -2.51. The molecule has 5 nitrogen and oxygen atoms in total. The molecule has 0 aromatic carbocycles. The third-order valence-corrected chi connectivity index (χ3v) is 6.19. The van der Waals surface area contributed by atoms with Crippen LogP contribution in [0, 0.1) is 16.7 Å². The van der Waals surface area contributed by atoms with Gasteiger partial charge in [0, 0.05) is 33.0 Å². The molecule has 6 heteroatoms. The first-order valence-electron chi connectivity index (χ1n) is 8.07. The zero-order chi connectivity index (χ0) is 16.6. The smallest absolute Gasteiger partial charge is 0.263 e. The van der Waals surface area contributed by atoms with Crippen LogP contribution in [0.15, 0.2) is 17.5 Å². The van der Waals surface area contributed by atoms with E-state index in [0.29, 0.717) is 25.2 Å². The molecule has 0 spiro atoms. The Morgan fingerprint density at radius 3 is 2.87 bits per heavy atom. The number of amides is 2. The number of hydrogen-bond donors (Lipinski definition) is 1. The van der Waals surface area contributed by atoms with Crippen molar-refractivity contribution in [2.75, 3.05) is 20.1 Å². The maximum atomic E-state index is 12.6. The second kappa shape index (κ2) is 6.07. The second-order valence-corrected chi connectivity index (χ2v) is 7.92. The lowest BCUT2D eigenvalue weighted by molar-refractivity contribution is -0.131. The molecule has 3 rings (SSSR count). The standard InChI is InChI=1S/C17H23N3O2S/c1-17(9-14(18)19(2)15(21)10-17)12-5-3-7-20(11-12)16(22)13-6-4-8-23-13/h4,6,8,12,18H,3,5,7,9-11H2,1-2H3/t12?,17-/m0/s1. The summed E-state index contributed by atoms with van der Waals surface area (Å²) in [5.41, 5.74) is -0.213. The van der Waals surface area contributed by atoms with Gasteiger partial charge in [0.1, 0.15) is 5.84 Å². The Kier molecular flexibility index (Phi) is 4.27. The molecule has 0 radical (unpaired) electrons. The van der Waals surface area contributed by atoms with Gasteiger partial charge in [0.15, 0.2) is 0 Å². The van der Waals surface area contributed by atoms with E-state index in [2.05, 4.69) is 6.92 Å². The van der Waals surface area contributed by atoms with Gasteiger partial charge in [-0.3, -0.25) is 15.0 Å². The molecular formula is C17H23N3O2S. The quantitative estimate of drug-likeness (QED) is 0.904. The van der Waals surface area contributed by atoms with E-state index < -0.39 is 0 Å². The van der Waals surface area contributed by atoms with Crippen molar-refractivity contribution >= 4 is 29.0 Å². The van der Waals surface area contributed by atoms with Crippen LogP contribution in [0.2, 0.25) is 0 Å². The summed E-state index contributed by atoms with van der Waals surface area (Å²) in [4.78, 5) is 28.9. The van der Waals surface area contributed by atoms with Gasteiger partial charge in [-0.1, -0.05) is 13.0 Å². The maximum Gasteiger partial charge on any atom is 0.263 e. The van der Waals surface area contributed by atoms with Gasteiger partial charge in [0.2, 0.25) is 5.91 Å². The Morgan fingerprint density at radius 1 is 1.43 bits per heavy atom. The fourth-order valence-electron chi connectivity index (χ4n) is 3.75. The van der Waals surface area contributed by atoms with Crippen molar-refractivity contribution in [2.45, 2.75) is 32.6 Å². The number of rotatable bonds is 2. The number of hydrogen-bond acceptors (Lipinski definition) is 4. The molecule has 1 unspecified atom stereocenters. The first kappa shape index (κ1) is 16.2. The SMILES string of the molecule is CN1C(=N)C[C@](C)(C2CCCN(C(=O)c3cccs3)C2)CC1=O. The molecule has 2 fully saturated rings. The number of likely N-dealkylation sites (tertiary alicyclic amines) is 2. The van der Waals surface area contributed by atoms with Crippen LogP contribution in [-0.2, 0) is 4.79 Å². The van der Waals surface area contributed by atoms with E-state index in [9.17, 15) is 9.59 Å². The van der Waals surface area contributed by atoms with Crippen molar-refractivity contribution in [1.82, 2.24) is 9.80 Å². The van der Waals surface area contributed by atoms with Crippen molar-refractivity contribution in [1.29, 1.82) is 5.41 Å². The maximum absolute atomic E-state index is 12.6. The molecule has 0 bridgehead atoms. The minimum Gasteiger partial charge on any atom is -0.338 e. The molecule has 1 aromatic rings. The molecule has 0 saturated carbocycles. The lowest BCUT2D eigenvalue weighted by atomic mass is 9.67. The number of nitrogens with one attached hydrogen (secondary N) is 1. The fraction of sp³-hybridized carbons (Fsp3) is 0.588. The highest BCUT2D eigenvalue weighted by molar-refractivity contribution is 7.12. The third-order valence-electron chi connectivity index (χ3n) is 5.33. The first-order chi connectivity index (χ1) is 10.9. The number of nitrogens with zero attached hydrogens (tertiary/aromatic N) is 2. The summed E-state index contributed by atoms with van der Waals surface area (Å²) in [6.07, 6.45) is 3.07. The molecule has 0 aliphatic carbocycles. The summed E-state index contributed by atoms with van der Waals surface area (Å²) >= 11 is 1.48. The zero-order valence-electron chi connectivity index (χ0n) is 13.7. The van der Waals surface area contributed by atoms with Gasteiger partial charge in [-0.05, 0) is 35.6 Å². The molecule has 2 saturated heterocycles. The summed E-state index contributed by atoms with van der Waals surface area (Å²) in [5.74, 6) is 0.789. The van der Waals surface area contributed by atoms with Crippen molar-refractivity contribution in [3.05, 3.63) is 22.4 Å². The van der Waals surface area contributed by atoms with Crippen LogP contribution in [-0.4, -0.2) is 47.6 Å². The van der Waals surface area contributed by atoms with E-state index in [1.807, 2.05) is 22.4 Å². The number of carbonyl (C=O) groups is 2. The summed E-state index contributed by atoms with van der Waals surface area (Å²) in [6.45, 7) is 3.59. The number of piperidine rings is 2. The third kappa shape index (κ3) is 3.04. The van der Waals surface area contributed by atoms with Crippen LogP contribution in [0.3, 0.4) is 0 Å². The Balaban J connectivity index is 1.74. The van der Waals surface area contributed by atoms with Crippen molar-refractivity contribution in [3.8, 4) is 0 Å². The topological polar surface area (TPSA) is 64.5 Å². The molecule has 1 aromatic heterocycles. The van der Waals surface area contributed by atoms with E-state index in [1.54, 1.807) is 7.05 Å². The highest BCUT2D eigenvalue weighted by atomic mass is 32.1. The van der Waals surface area contributed by atoms with Crippen molar-refractivity contribution in [2.24, 2.45) is 11.3 Å². The summed E-state index contributed by atoms with van der Waals surface area (Å²) in [6, 6.07) is 3.77. The van der Waals surface area contributed by atoms with Crippen LogP contribution in [0.1, 0.15) is 42.3 Å². The van der Waals surface area contributed by atoms with Gasteiger partial charge >= 0.3 is 0 Å². The Hall–Kier alpha value is -1.69. The van der Waals surface area contributed by atoms with Crippen LogP contribution < -0.4 is 0 Å². The highest BCUT2D eigenvalue weighted by Gasteiger charge is 2.44. The van der Waals surface area contributed by atoms with Gasteiger partial charge in [0.05, 0.1) is 4.88 Å².